The minimum Gasteiger partial charge on any atom is -0.399 e. The number of nitrogens with two attached hydrogens (primary N) is 1. The van der Waals surface area contributed by atoms with Crippen molar-refractivity contribution in [1.82, 2.24) is 4.31 Å². The molecule has 0 atom stereocenters. The molecule has 0 amide bonds. The average Bonchev–Trinajstić information content (AvgIpc) is 3.22. The largest absolute Gasteiger partial charge is 0.399 e. The van der Waals surface area contributed by atoms with Gasteiger partial charge in [-0.25, -0.2) is 12.8 Å². The van der Waals surface area contributed by atoms with Crippen molar-refractivity contribution in [3.05, 3.63) is 24.0 Å². The van der Waals surface area contributed by atoms with Crippen molar-refractivity contribution >= 4 is 15.7 Å². The molecule has 0 unspecified atom stereocenters. The van der Waals surface area contributed by atoms with Gasteiger partial charge in [-0.15, -0.1) is 0 Å². The van der Waals surface area contributed by atoms with E-state index < -0.39 is 15.8 Å². The molecule has 19 heavy (non-hydrogen) atoms. The molecule has 2 aliphatic carbocycles. The van der Waals surface area contributed by atoms with Crippen LogP contribution in [0.15, 0.2) is 23.1 Å². The first-order valence-electron chi connectivity index (χ1n) is 6.55. The fourth-order valence-corrected chi connectivity index (χ4v) is 4.07. The van der Waals surface area contributed by atoms with E-state index in [1.165, 1.54) is 16.4 Å². The highest BCUT2D eigenvalue weighted by atomic mass is 32.2. The van der Waals surface area contributed by atoms with E-state index in [1.807, 2.05) is 0 Å². The summed E-state index contributed by atoms with van der Waals surface area (Å²) >= 11 is 0. The van der Waals surface area contributed by atoms with Crippen LogP contribution in [0, 0.1) is 11.7 Å². The minimum absolute atomic E-state index is 0.0476. The Morgan fingerprint density at radius 3 is 2.53 bits per heavy atom. The number of nitrogen functional groups attached to an aromatic ring is 1. The van der Waals surface area contributed by atoms with Gasteiger partial charge < -0.3 is 5.73 Å². The third-order valence-corrected chi connectivity index (χ3v) is 5.56. The molecular weight excluding hydrogens is 267 g/mol. The van der Waals surface area contributed by atoms with Crippen molar-refractivity contribution in [2.45, 2.75) is 36.6 Å². The van der Waals surface area contributed by atoms with Gasteiger partial charge >= 0.3 is 0 Å². The molecule has 6 heteroatoms. The topological polar surface area (TPSA) is 63.4 Å². The Kier molecular flexibility index (Phi) is 3.02. The molecule has 0 radical (unpaired) electrons. The number of sulfonamides is 1. The zero-order chi connectivity index (χ0) is 13.6. The van der Waals surface area contributed by atoms with Gasteiger partial charge in [0.1, 0.15) is 10.7 Å². The van der Waals surface area contributed by atoms with Gasteiger partial charge in [-0.1, -0.05) is 0 Å². The van der Waals surface area contributed by atoms with Crippen LogP contribution in [0.25, 0.3) is 0 Å². The molecule has 2 aliphatic rings. The van der Waals surface area contributed by atoms with Crippen LogP contribution in [0.1, 0.15) is 25.7 Å². The van der Waals surface area contributed by atoms with Gasteiger partial charge in [-0.2, -0.15) is 4.31 Å². The maximum Gasteiger partial charge on any atom is 0.246 e. The Morgan fingerprint density at radius 1 is 1.26 bits per heavy atom. The average molecular weight is 284 g/mol. The Labute approximate surface area is 112 Å². The highest BCUT2D eigenvalue weighted by Crippen LogP contribution is 2.38. The van der Waals surface area contributed by atoms with E-state index in [1.54, 1.807) is 0 Å². The first-order chi connectivity index (χ1) is 8.98. The van der Waals surface area contributed by atoms with Crippen LogP contribution >= 0.6 is 0 Å². The van der Waals surface area contributed by atoms with E-state index in [0.29, 0.717) is 12.5 Å². The van der Waals surface area contributed by atoms with Crippen molar-refractivity contribution in [2.75, 3.05) is 12.3 Å². The van der Waals surface area contributed by atoms with Crippen molar-refractivity contribution in [3.8, 4) is 0 Å². The molecule has 0 heterocycles. The summed E-state index contributed by atoms with van der Waals surface area (Å²) in [6.07, 6.45) is 3.88. The summed E-state index contributed by atoms with van der Waals surface area (Å²) in [7, 11) is -3.77. The van der Waals surface area contributed by atoms with E-state index >= 15 is 0 Å². The molecule has 4 nitrogen and oxygen atoms in total. The highest BCUT2D eigenvalue weighted by molar-refractivity contribution is 7.89. The van der Waals surface area contributed by atoms with Crippen LogP contribution in [0.3, 0.4) is 0 Å². The standard InChI is InChI=1S/C13H17FN2O2S/c14-12-6-3-10(15)7-13(12)19(17,18)16(11-4-5-11)8-9-1-2-9/h3,6-7,9,11H,1-2,4-5,8,15H2. The second kappa shape index (κ2) is 4.45. The van der Waals surface area contributed by atoms with Gasteiger partial charge in [0.15, 0.2) is 0 Å². The number of rotatable bonds is 5. The lowest BCUT2D eigenvalue weighted by Crippen LogP contribution is -2.35. The van der Waals surface area contributed by atoms with Crippen molar-refractivity contribution < 1.29 is 12.8 Å². The first-order valence-corrected chi connectivity index (χ1v) is 7.99. The number of anilines is 1. The summed E-state index contributed by atoms with van der Waals surface area (Å²) in [4.78, 5) is -0.292. The third kappa shape index (κ3) is 2.60. The maximum atomic E-state index is 13.8. The van der Waals surface area contributed by atoms with E-state index in [9.17, 15) is 12.8 Å². The maximum absolute atomic E-state index is 13.8. The lowest BCUT2D eigenvalue weighted by atomic mass is 10.3. The van der Waals surface area contributed by atoms with Crippen LogP contribution in [-0.2, 0) is 10.0 Å². The normalized spacial score (nSPS) is 19.9. The van der Waals surface area contributed by atoms with E-state index in [0.717, 1.165) is 31.7 Å². The quantitative estimate of drug-likeness (QED) is 0.841. The van der Waals surface area contributed by atoms with Gasteiger partial charge in [0.2, 0.25) is 10.0 Å². The highest BCUT2D eigenvalue weighted by Gasteiger charge is 2.42. The monoisotopic (exact) mass is 284 g/mol. The second-order valence-electron chi connectivity index (χ2n) is 5.44. The van der Waals surface area contributed by atoms with Gasteiger partial charge in [-0.05, 0) is 49.8 Å². The Bertz CT molecular complexity index is 595. The van der Waals surface area contributed by atoms with Crippen molar-refractivity contribution in [2.24, 2.45) is 5.92 Å². The lowest BCUT2D eigenvalue weighted by molar-refractivity contribution is 0.386. The Morgan fingerprint density at radius 2 is 1.95 bits per heavy atom. The molecule has 1 aromatic carbocycles. The van der Waals surface area contributed by atoms with Crippen LogP contribution in [0.5, 0.6) is 0 Å². The van der Waals surface area contributed by atoms with Crippen LogP contribution in [-0.4, -0.2) is 25.3 Å². The second-order valence-corrected chi connectivity index (χ2v) is 7.30. The predicted molar refractivity (Wildman–Crippen MR) is 70.5 cm³/mol. The summed E-state index contributed by atoms with van der Waals surface area (Å²) in [6, 6.07) is 3.75. The summed E-state index contributed by atoms with van der Waals surface area (Å²) in [6.45, 7) is 0.515. The number of hydrogen-bond acceptors (Lipinski definition) is 3. The Balaban J connectivity index is 1.96. The summed E-state index contributed by atoms with van der Waals surface area (Å²) in [5.74, 6) is -0.282. The lowest BCUT2D eigenvalue weighted by Gasteiger charge is -2.22. The van der Waals surface area contributed by atoms with Gasteiger partial charge in [0, 0.05) is 18.3 Å². The molecule has 2 saturated carbocycles. The zero-order valence-electron chi connectivity index (χ0n) is 10.5. The molecule has 0 aromatic heterocycles. The SMILES string of the molecule is Nc1ccc(F)c(S(=O)(=O)N(CC2CC2)C2CC2)c1. The molecule has 0 bridgehead atoms. The van der Waals surface area contributed by atoms with Gasteiger partial charge in [-0.3, -0.25) is 0 Å². The molecule has 0 aliphatic heterocycles. The number of hydrogen-bond donors (Lipinski definition) is 1. The summed E-state index contributed by atoms with van der Waals surface area (Å²) in [5.41, 5.74) is 5.85. The summed E-state index contributed by atoms with van der Waals surface area (Å²) in [5, 5.41) is 0. The Hall–Kier alpha value is -1.14. The molecule has 2 fully saturated rings. The van der Waals surface area contributed by atoms with Gasteiger partial charge in [0.25, 0.3) is 0 Å². The first kappa shape index (κ1) is 12.9. The van der Waals surface area contributed by atoms with Crippen molar-refractivity contribution in [1.29, 1.82) is 0 Å². The third-order valence-electron chi connectivity index (χ3n) is 3.63. The van der Waals surface area contributed by atoms with E-state index in [-0.39, 0.29) is 16.6 Å². The van der Waals surface area contributed by atoms with Crippen LogP contribution < -0.4 is 5.73 Å². The van der Waals surface area contributed by atoms with E-state index in [2.05, 4.69) is 0 Å². The molecule has 2 N–H and O–H groups in total. The van der Waals surface area contributed by atoms with E-state index in [4.69, 9.17) is 5.73 Å². The molecule has 1 aromatic rings. The molecule has 0 spiro atoms. The zero-order valence-corrected chi connectivity index (χ0v) is 11.4. The number of nitrogens with zero attached hydrogens (tertiary/aromatic N) is 1. The molecule has 0 saturated heterocycles. The fourth-order valence-electron chi connectivity index (χ4n) is 2.20. The molecule has 3 rings (SSSR count). The fraction of sp³-hybridized carbons (Fsp3) is 0.538. The van der Waals surface area contributed by atoms with Crippen molar-refractivity contribution in [3.63, 3.8) is 0 Å². The van der Waals surface area contributed by atoms with Crippen LogP contribution in [0.4, 0.5) is 10.1 Å². The molecule has 104 valence electrons. The number of benzene rings is 1. The molecular formula is C13H17FN2O2S. The smallest absolute Gasteiger partial charge is 0.246 e. The van der Waals surface area contributed by atoms with Crippen LogP contribution in [0.2, 0.25) is 0 Å². The minimum atomic E-state index is -3.77. The summed E-state index contributed by atoms with van der Waals surface area (Å²) < 4.78 is 40.4. The predicted octanol–water partition coefficient (Wildman–Crippen LogP) is 1.97. The number of halogens is 1. The van der Waals surface area contributed by atoms with Gasteiger partial charge in [0.05, 0.1) is 0 Å².